The SMILES string of the molecule is CCc1nnc(C2(C[C@@H](C)N)c3ccc(NC=O)cc3CCc3cc(NC=O)ccc32)o1. The Labute approximate surface area is 186 Å². The van der Waals surface area contributed by atoms with Crippen LogP contribution < -0.4 is 16.4 Å². The molecule has 2 aromatic carbocycles. The van der Waals surface area contributed by atoms with Gasteiger partial charge in [0.25, 0.3) is 0 Å². The maximum atomic E-state index is 11.0. The second-order valence-electron chi connectivity index (χ2n) is 8.21. The van der Waals surface area contributed by atoms with Crippen LogP contribution in [-0.2, 0) is 34.3 Å². The molecule has 8 heteroatoms. The van der Waals surface area contributed by atoms with Crippen molar-refractivity contribution >= 4 is 24.2 Å². The quantitative estimate of drug-likeness (QED) is 0.469. The normalized spacial score (nSPS) is 15.1. The van der Waals surface area contributed by atoms with Gasteiger partial charge in [0.2, 0.25) is 24.6 Å². The third kappa shape index (κ3) is 3.78. The summed E-state index contributed by atoms with van der Waals surface area (Å²) < 4.78 is 6.18. The molecule has 0 bridgehead atoms. The zero-order chi connectivity index (χ0) is 22.7. The Hall–Kier alpha value is -3.52. The molecular weight excluding hydrogens is 406 g/mol. The number of fused-ring (bicyclic) bond motifs is 2. The van der Waals surface area contributed by atoms with Crippen molar-refractivity contribution in [3.63, 3.8) is 0 Å². The number of aryl methyl sites for hydroxylation is 3. The van der Waals surface area contributed by atoms with Crippen LogP contribution in [0.3, 0.4) is 0 Å². The molecule has 1 heterocycles. The molecule has 0 unspecified atom stereocenters. The third-order valence-corrected chi connectivity index (χ3v) is 6.01. The molecule has 1 aliphatic carbocycles. The number of amides is 2. The third-order valence-electron chi connectivity index (χ3n) is 6.01. The molecule has 0 spiro atoms. The molecule has 8 nitrogen and oxygen atoms in total. The average Bonchev–Trinajstić information content (AvgIpc) is 3.22. The van der Waals surface area contributed by atoms with E-state index in [1.807, 2.05) is 50.2 Å². The fourth-order valence-electron chi connectivity index (χ4n) is 4.75. The number of nitrogens with one attached hydrogen (secondary N) is 2. The Bertz CT molecular complexity index is 1080. The van der Waals surface area contributed by atoms with Gasteiger partial charge in [-0.3, -0.25) is 9.59 Å². The number of rotatable bonds is 8. The van der Waals surface area contributed by atoms with Crippen molar-refractivity contribution in [2.75, 3.05) is 10.6 Å². The second kappa shape index (κ2) is 8.92. The number of anilines is 2. The van der Waals surface area contributed by atoms with Crippen LogP contribution in [0.2, 0.25) is 0 Å². The summed E-state index contributed by atoms with van der Waals surface area (Å²) in [5, 5.41) is 14.2. The van der Waals surface area contributed by atoms with Gasteiger partial charge in [-0.05, 0) is 72.7 Å². The first kappa shape index (κ1) is 21.7. The highest BCUT2D eigenvalue weighted by atomic mass is 16.4. The summed E-state index contributed by atoms with van der Waals surface area (Å²) >= 11 is 0. The second-order valence-corrected chi connectivity index (χ2v) is 8.21. The maximum Gasteiger partial charge on any atom is 0.231 e. The number of aromatic nitrogens is 2. The van der Waals surface area contributed by atoms with Crippen molar-refractivity contribution in [1.29, 1.82) is 0 Å². The maximum absolute atomic E-state index is 11.0. The number of hydrogen-bond acceptors (Lipinski definition) is 6. The van der Waals surface area contributed by atoms with Gasteiger partial charge in [-0.25, -0.2) is 0 Å². The fraction of sp³-hybridized carbons (Fsp3) is 0.333. The Morgan fingerprint density at radius 2 is 1.59 bits per heavy atom. The highest BCUT2D eigenvalue weighted by Gasteiger charge is 2.46. The van der Waals surface area contributed by atoms with E-state index in [1.165, 1.54) is 0 Å². The summed E-state index contributed by atoms with van der Waals surface area (Å²) in [6, 6.07) is 11.6. The number of hydrogen-bond donors (Lipinski definition) is 3. The molecule has 3 aromatic rings. The average molecular weight is 434 g/mol. The van der Waals surface area contributed by atoms with E-state index < -0.39 is 5.41 Å². The van der Waals surface area contributed by atoms with Crippen LogP contribution >= 0.6 is 0 Å². The van der Waals surface area contributed by atoms with Gasteiger partial charge in [-0.2, -0.15) is 0 Å². The molecule has 2 amide bonds. The molecule has 4 rings (SSSR count). The van der Waals surface area contributed by atoms with Gasteiger partial charge in [0.05, 0.1) is 0 Å². The predicted octanol–water partition coefficient (Wildman–Crippen LogP) is 2.94. The summed E-state index contributed by atoms with van der Waals surface area (Å²) in [6.07, 6.45) is 4.02. The summed E-state index contributed by atoms with van der Waals surface area (Å²) in [5.41, 5.74) is 11.3. The van der Waals surface area contributed by atoms with Gasteiger partial charge in [0, 0.05) is 23.8 Å². The molecule has 1 atom stereocenters. The van der Waals surface area contributed by atoms with Crippen LogP contribution in [0.1, 0.15) is 54.3 Å². The largest absolute Gasteiger partial charge is 0.424 e. The fourth-order valence-corrected chi connectivity index (χ4v) is 4.75. The molecule has 0 saturated heterocycles. The van der Waals surface area contributed by atoms with E-state index in [1.54, 1.807) is 0 Å². The van der Waals surface area contributed by atoms with Gasteiger partial charge in [-0.15, -0.1) is 10.2 Å². The van der Waals surface area contributed by atoms with Crippen molar-refractivity contribution in [2.24, 2.45) is 5.73 Å². The molecule has 1 aromatic heterocycles. The number of benzene rings is 2. The first-order valence-electron chi connectivity index (χ1n) is 10.8. The van der Waals surface area contributed by atoms with E-state index in [-0.39, 0.29) is 6.04 Å². The minimum absolute atomic E-state index is 0.161. The van der Waals surface area contributed by atoms with Crippen molar-refractivity contribution in [3.05, 3.63) is 70.4 Å². The predicted molar refractivity (Wildman–Crippen MR) is 121 cm³/mol. The van der Waals surface area contributed by atoms with E-state index >= 15 is 0 Å². The Balaban J connectivity index is 2.03. The molecule has 32 heavy (non-hydrogen) atoms. The van der Waals surface area contributed by atoms with Crippen LogP contribution in [0, 0.1) is 0 Å². The van der Waals surface area contributed by atoms with E-state index in [2.05, 4.69) is 20.8 Å². The van der Waals surface area contributed by atoms with Crippen molar-refractivity contribution < 1.29 is 14.0 Å². The lowest BCUT2D eigenvalue weighted by Crippen LogP contribution is -2.37. The molecule has 0 radical (unpaired) electrons. The molecule has 166 valence electrons. The highest BCUT2D eigenvalue weighted by Crippen LogP contribution is 2.48. The lowest BCUT2D eigenvalue weighted by Gasteiger charge is -2.35. The van der Waals surface area contributed by atoms with E-state index in [0.29, 0.717) is 37.4 Å². The monoisotopic (exact) mass is 433 g/mol. The topological polar surface area (TPSA) is 123 Å². The van der Waals surface area contributed by atoms with E-state index in [9.17, 15) is 9.59 Å². The van der Waals surface area contributed by atoms with Crippen LogP contribution in [-0.4, -0.2) is 29.1 Å². The summed E-state index contributed by atoms with van der Waals surface area (Å²) in [6.45, 7) is 3.94. The molecule has 0 saturated carbocycles. The first-order valence-corrected chi connectivity index (χ1v) is 10.8. The van der Waals surface area contributed by atoms with E-state index in [4.69, 9.17) is 10.2 Å². The number of carbonyl (C=O) groups is 2. The Kier molecular flexibility index (Phi) is 6.05. The zero-order valence-corrected chi connectivity index (χ0v) is 18.2. The Morgan fingerprint density at radius 1 is 1.03 bits per heavy atom. The minimum atomic E-state index is -0.755. The summed E-state index contributed by atoms with van der Waals surface area (Å²) in [7, 11) is 0. The van der Waals surface area contributed by atoms with Gasteiger partial charge in [0.1, 0.15) is 5.41 Å². The lowest BCUT2D eigenvalue weighted by atomic mass is 9.68. The molecule has 0 fully saturated rings. The highest BCUT2D eigenvalue weighted by molar-refractivity contribution is 5.74. The zero-order valence-electron chi connectivity index (χ0n) is 18.2. The van der Waals surface area contributed by atoms with Gasteiger partial charge < -0.3 is 20.8 Å². The van der Waals surface area contributed by atoms with Crippen LogP contribution in [0.25, 0.3) is 0 Å². The van der Waals surface area contributed by atoms with Crippen LogP contribution in [0.15, 0.2) is 40.8 Å². The molecular formula is C24H27N5O3. The van der Waals surface area contributed by atoms with Crippen molar-refractivity contribution in [1.82, 2.24) is 10.2 Å². The van der Waals surface area contributed by atoms with Crippen molar-refractivity contribution in [3.8, 4) is 0 Å². The van der Waals surface area contributed by atoms with E-state index in [0.717, 1.165) is 46.5 Å². The minimum Gasteiger partial charge on any atom is -0.424 e. The Morgan fingerprint density at radius 3 is 2.03 bits per heavy atom. The lowest BCUT2D eigenvalue weighted by molar-refractivity contribution is -0.106. The standard InChI is InChI=1S/C24H27N5O3/c1-3-22-28-29-23(32-22)24(12-15(2)25)20-8-6-18(26-13-30)10-16(20)4-5-17-11-19(27-14-31)7-9-21(17)24/h6-11,13-15H,3-5,12,25H2,1-2H3,(H,26,30)(H,27,31)/t15-/m1/s1. The number of nitrogens with zero attached hydrogens (tertiary/aromatic N) is 2. The molecule has 1 aliphatic rings. The number of nitrogens with two attached hydrogens (primary N) is 1. The smallest absolute Gasteiger partial charge is 0.231 e. The van der Waals surface area contributed by atoms with Gasteiger partial charge in [-0.1, -0.05) is 19.1 Å². The molecule has 0 aliphatic heterocycles. The number of carbonyl (C=O) groups excluding carboxylic acids is 2. The first-order chi connectivity index (χ1) is 15.5. The molecule has 4 N–H and O–H groups in total. The van der Waals surface area contributed by atoms with Crippen LogP contribution in [0.4, 0.5) is 11.4 Å². The van der Waals surface area contributed by atoms with Crippen LogP contribution in [0.5, 0.6) is 0 Å². The van der Waals surface area contributed by atoms with Gasteiger partial charge >= 0.3 is 0 Å². The van der Waals surface area contributed by atoms with Crippen molar-refractivity contribution in [2.45, 2.75) is 51.0 Å². The van der Waals surface area contributed by atoms with Gasteiger partial charge in [0.15, 0.2) is 0 Å². The summed E-state index contributed by atoms with van der Waals surface area (Å²) in [5.74, 6) is 1.07. The summed E-state index contributed by atoms with van der Waals surface area (Å²) in [4.78, 5) is 22.0.